The number of nitro benzene ring substituents is 1. The third kappa shape index (κ3) is 4.24. The molecular weight excluding hydrogens is 464 g/mol. The van der Waals surface area contributed by atoms with Crippen LogP contribution < -0.4 is 5.32 Å². The van der Waals surface area contributed by atoms with E-state index in [4.69, 9.17) is 4.42 Å². The van der Waals surface area contributed by atoms with Gasteiger partial charge in [0.2, 0.25) is 5.78 Å². The summed E-state index contributed by atoms with van der Waals surface area (Å²) >= 11 is 3.35. The molecule has 31 heavy (non-hydrogen) atoms. The molecule has 0 atom stereocenters. The SMILES string of the molecule is O=C(CNc1c(C(=O)c2ccc(Br)cc2)oc2ccccc12)c1ccc([N+](=O)[O-])cc1. The summed E-state index contributed by atoms with van der Waals surface area (Å²) in [4.78, 5) is 35.9. The van der Waals surface area contributed by atoms with E-state index in [1.54, 1.807) is 42.5 Å². The van der Waals surface area contributed by atoms with Gasteiger partial charge in [-0.05, 0) is 48.5 Å². The first-order valence-electron chi connectivity index (χ1n) is 9.27. The van der Waals surface area contributed by atoms with E-state index in [-0.39, 0.29) is 29.6 Å². The number of nitro groups is 1. The second kappa shape index (κ2) is 8.53. The molecule has 0 aliphatic rings. The van der Waals surface area contributed by atoms with Crippen LogP contribution in [0, 0.1) is 10.1 Å². The Labute approximate surface area is 185 Å². The molecule has 1 N–H and O–H groups in total. The van der Waals surface area contributed by atoms with Crippen LogP contribution in [0.3, 0.4) is 0 Å². The van der Waals surface area contributed by atoms with Crippen molar-refractivity contribution in [2.75, 3.05) is 11.9 Å². The zero-order valence-electron chi connectivity index (χ0n) is 16.0. The number of nitrogens with zero attached hydrogens (tertiary/aromatic N) is 1. The molecule has 4 rings (SSSR count). The van der Waals surface area contributed by atoms with Crippen LogP contribution >= 0.6 is 15.9 Å². The number of furan rings is 1. The number of hydrogen-bond acceptors (Lipinski definition) is 6. The molecule has 0 radical (unpaired) electrons. The van der Waals surface area contributed by atoms with Crippen LogP contribution in [-0.2, 0) is 0 Å². The zero-order valence-corrected chi connectivity index (χ0v) is 17.6. The summed E-state index contributed by atoms with van der Waals surface area (Å²) in [6, 6.07) is 19.4. The van der Waals surface area contributed by atoms with Crippen LogP contribution in [0.5, 0.6) is 0 Å². The number of Topliss-reactive ketones (excluding diaryl/α,β-unsaturated/α-hetero) is 1. The lowest BCUT2D eigenvalue weighted by atomic mass is 10.1. The molecule has 1 aromatic heterocycles. The van der Waals surface area contributed by atoms with E-state index in [0.29, 0.717) is 27.8 Å². The van der Waals surface area contributed by atoms with Gasteiger partial charge in [-0.15, -0.1) is 0 Å². The quantitative estimate of drug-likeness (QED) is 0.209. The molecule has 0 saturated heterocycles. The van der Waals surface area contributed by atoms with Crippen molar-refractivity contribution >= 4 is 49.8 Å². The average molecular weight is 479 g/mol. The number of anilines is 1. The minimum Gasteiger partial charge on any atom is -0.450 e. The lowest BCUT2D eigenvalue weighted by Gasteiger charge is -2.07. The maximum Gasteiger partial charge on any atom is 0.269 e. The minimum absolute atomic E-state index is 0.0901. The third-order valence-electron chi connectivity index (χ3n) is 4.73. The van der Waals surface area contributed by atoms with Gasteiger partial charge in [0, 0.05) is 33.1 Å². The highest BCUT2D eigenvalue weighted by Gasteiger charge is 2.22. The second-order valence-electron chi connectivity index (χ2n) is 6.72. The molecule has 0 unspecified atom stereocenters. The van der Waals surface area contributed by atoms with E-state index < -0.39 is 4.92 Å². The van der Waals surface area contributed by atoms with E-state index in [0.717, 1.165) is 4.47 Å². The van der Waals surface area contributed by atoms with Gasteiger partial charge in [0.25, 0.3) is 5.69 Å². The van der Waals surface area contributed by atoms with E-state index >= 15 is 0 Å². The fourth-order valence-corrected chi connectivity index (χ4v) is 3.42. The van der Waals surface area contributed by atoms with Gasteiger partial charge in [-0.25, -0.2) is 0 Å². The molecule has 4 aromatic rings. The Morgan fingerprint density at radius 1 is 0.935 bits per heavy atom. The van der Waals surface area contributed by atoms with Crippen molar-refractivity contribution in [1.82, 2.24) is 0 Å². The van der Waals surface area contributed by atoms with Crippen molar-refractivity contribution in [2.45, 2.75) is 0 Å². The first kappa shape index (κ1) is 20.5. The van der Waals surface area contributed by atoms with Gasteiger partial charge in [-0.2, -0.15) is 0 Å². The number of carbonyl (C=O) groups is 2. The maximum atomic E-state index is 13.1. The fraction of sp³-hybridized carbons (Fsp3) is 0.0435. The normalized spacial score (nSPS) is 10.7. The Balaban J connectivity index is 1.62. The Morgan fingerprint density at radius 2 is 1.58 bits per heavy atom. The molecule has 7 nitrogen and oxygen atoms in total. The van der Waals surface area contributed by atoms with E-state index in [1.165, 1.54) is 24.3 Å². The van der Waals surface area contributed by atoms with Gasteiger partial charge < -0.3 is 9.73 Å². The Kier molecular flexibility index (Phi) is 5.64. The summed E-state index contributed by atoms with van der Waals surface area (Å²) in [5.74, 6) is -0.476. The van der Waals surface area contributed by atoms with Crippen molar-refractivity contribution in [1.29, 1.82) is 0 Å². The molecular formula is C23H15BrN2O5. The van der Waals surface area contributed by atoms with Crippen molar-refractivity contribution in [3.63, 3.8) is 0 Å². The van der Waals surface area contributed by atoms with Crippen molar-refractivity contribution in [3.05, 3.63) is 104 Å². The summed E-state index contributed by atoms with van der Waals surface area (Å²) < 4.78 is 6.66. The summed E-state index contributed by atoms with van der Waals surface area (Å²) in [5, 5.41) is 14.5. The van der Waals surface area contributed by atoms with Crippen molar-refractivity contribution < 1.29 is 18.9 Å². The number of ketones is 2. The summed E-state index contributed by atoms with van der Waals surface area (Å²) in [7, 11) is 0. The van der Waals surface area contributed by atoms with E-state index in [1.807, 2.05) is 6.07 Å². The first-order valence-corrected chi connectivity index (χ1v) is 10.1. The summed E-state index contributed by atoms with van der Waals surface area (Å²) in [6.07, 6.45) is 0. The number of rotatable bonds is 7. The summed E-state index contributed by atoms with van der Waals surface area (Å²) in [6.45, 7) is -0.109. The average Bonchev–Trinajstić information content (AvgIpc) is 3.16. The van der Waals surface area contributed by atoms with E-state index in [9.17, 15) is 19.7 Å². The second-order valence-corrected chi connectivity index (χ2v) is 7.63. The number of para-hydroxylation sites is 1. The van der Waals surface area contributed by atoms with Crippen molar-refractivity contribution in [2.24, 2.45) is 0 Å². The molecule has 0 spiro atoms. The minimum atomic E-state index is -0.524. The molecule has 0 fully saturated rings. The lowest BCUT2D eigenvalue weighted by molar-refractivity contribution is -0.384. The van der Waals surface area contributed by atoms with Crippen molar-refractivity contribution in [3.8, 4) is 0 Å². The van der Waals surface area contributed by atoms with Gasteiger partial charge >= 0.3 is 0 Å². The Bertz CT molecular complexity index is 1290. The highest BCUT2D eigenvalue weighted by molar-refractivity contribution is 9.10. The van der Waals surface area contributed by atoms with Gasteiger partial charge in [-0.3, -0.25) is 19.7 Å². The lowest BCUT2D eigenvalue weighted by Crippen LogP contribution is -2.15. The molecule has 8 heteroatoms. The summed E-state index contributed by atoms with van der Waals surface area (Å²) in [5.41, 5.74) is 1.64. The Morgan fingerprint density at radius 3 is 2.26 bits per heavy atom. The molecule has 0 bridgehead atoms. The van der Waals surface area contributed by atoms with Gasteiger partial charge in [0.05, 0.1) is 17.2 Å². The highest BCUT2D eigenvalue weighted by Crippen LogP contribution is 2.32. The Hall–Kier alpha value is -3.78. The van der Waals surface area contributed by atoms with Gasteiger partial charge in [0.1, 0.15) is 5.58 Å². The number of hydrogen-bond donors (Lipinski definition) is 1. The highest BCUT2D eigenvalue weighted by atomic mass is 79.9. The van der Waals surface area contributed by atoms with Gasteiger partial charge in [0.15, 0.2) is 11.5 Å². The van der Waals surface area contributed by atoms with Crippen LogP contribution in [0.15, 0.2) is 81.7 Å². The topological polar surface area (TPSA) is 102 Å². The molecule has 0 saturated carbocycles. The molecule has 154 valence electrons. The maximum absolute atomic E-state index is 13.1. The van der Waals surface area contributed by atoms with Gasteiger partial charge in [-0.1, -0.05) is 28.1 Å². The standard InChI is InChI=1S/C23H15BrN2O5/c24-16-9-5-15(6-10-16)22(28)23-21(18-3-1-2-4-20(18)31-23)25-13-19(27)14-7-11-17(12-8-14)26(29)30/h1-12,25H,13H2. The molecule has 0 aliphatic carbocycles. The number of carbonyl (C=O) groups excluding carboxylic acids is 2. The predicted octanol–water partition coefficient (Wildman–Crippen LogP) is 5.63. The molecule has 1 heterocycles. The smallest absolute Gasteiger partial charge is 0.269 e. The molecule has 0 aliphatic heterocycles. The monoisotopic (exact) mass is 478 g/mol. The predicted molar refractivity (Wildman–Crippen MR) is 120 cm³/mol. The first-order chi connectivity index (χ1) is 14.9. The van der Waals surface area contributed by atoms with E-state index in [2.05, 4.69) is 21.2 Å². The molecule has 3 aromatic carbocycles. The fourth-order valence-electron chi connectivity index (χ4n) is 3.15. The number of non-ortho nitro benzene ring substituents is 1. The van der Waals surface area contributed by atoms with Crippen LogP contribution in [0.4, 0.5) is 11.4 Å². The zero-order chi connectivity index (χ0) is 22.0. The largest absolute Gasteiger partial charge is 0.450 e. The third-order valence-corrected chi connectivity index (χ3v) is 5.26. The number of halogens is 1. The van der Waals surface area contributed by atoms with Crippen LogP contribution in [-0.4, -0.2) is 23.0 Å². The number of benzene rings is 3. The van der Waals surface area contributed by atoms with Crippen LogP contribution in [0.25, 0.3) is 11.0 Å². The van der Waals surface area contributed by atoms with Crippen LogP contribution in [0.1, 0.15) is 26.5 Å². The van der Waals surface area contributed by atoms with Crippen LogP contribution in [0.2, 0.25) is 0 Å². The number of fused-ring (bicyclic) bond motifs is 1. The number of nitrogens with one attached hydrogen (secondary N) is 1. The molecule has 0 amide bonds.